The van der Waals surface area contributed by atoms with E-state index in [0.29, 0.717) is 29.7 Å². The number of Topliss-reactive ketones (excluding diaryl/α,β-unsaturated/α-hetero) is 2. The van der Waals surface area contributed by atoms with Crippen molar-refractivity contribution >= 4 is 54.0 Å². The molecule has 1 aliphatic rings. The topological polar surface area (TPSA) is 126 Å². The Morgan fingerprint density at radius 1 is 1.03 bits per heavy atom. The fourth-order valence-electron chi connectivity index (χ4n) is 4.86. The minimum absolute atomic E-state index is 0.0325. The molecule has 2 aromatic rings. The third-order valence-corrected chi connectivity index (χ3v) is 9.33. The van der Waals surface area contributed by atoms with E-state index < -0.39 is 43.8 Å². The molecule has 1 saturated carbocycles. The van der Waals surface area contributed by atoms with E-state index >= 15 is 0 Å². The number of halogens is 1. The van der Waals surface area contributed by atoms with Crippen LogP contribution >= 0.6 is 11.6 Å². The minimum Gasteiger partial charge on any atom is -0.299 e. The summed E-state index contributed by atoms with van der Waals surface area (Å²) in [7, 11) is -7.32. The number of hydrogen-bond donors (Lipinski definition) is 2. The van der Waals surface area contributed by atoms with Crippen molar-refractivity contribution in [3.8, 4) is 0 Å². The van der Waals surface area contributed by atoms with Crippen LogP contribution in [0.4, 0.5) is 0 Å². The number of sulfonamides is 2. The molecule has 1 aliphatic carbocycles. The Hall–Kier alpha value is -1.85. The van der Waals surface area contributed by atoms with E-state index in [1.807, 2.05) is 13.8 Å². The van der Waals surface area contributed by atoms with Crippen LogP contribution in [0.15, 0.2) is 41.3 Å². The molecule has 3 rings (SSSR count). The zero-order valence-electron chi connectivity index (χ0n) is 20.8. The van der Waals surface area contributed by atoms with E-state index in [9.17, 15) is 26.4 Å². The van der Waals surface area contributed by atoms with Crippen molar-refractivity contribution in [3.05, 3.63) is 41.4 Å². The lowest BCUT2D eigenvalue weighted by Crippen LogP contribution is -2.41. The van der Waals surface area contributed by atoms with E-state index in [2.05, 4.69) is 9.44 Å². The highest BCUT2D eigenvalue weighted by atomic mass is 35.5. The normalized spacial score (nSPS) is 20.7. The average Bonchev–Trinajstić information content (AvgIpc) is 3.13. The predicted molar refractivity (Wildman–Crippen MR) is 141 cm³/mol. The molecule has 0 heterocycles. The number of carbonyl (C=O) groups excluding carboxylic acids is 2. The maximum absolute atomic E-state index is 13.3. The van der Waals surface area contributed by atoms with Gasteiger partial charge in [0.2, 0.25) is 20.0 Å². The first-order valence-electron chi connectivity index (χ1n) is 11.9. The molecule has 36 heavy (non-hydrogen) atoms. The van der Waals surface area contributed by atoms with Gasteiger partial charge in [-0.25, -0.2) is 26.3 Å². The van der Waals surface area contributed by atoms with Gasteiger partial charge in [0.1, 0.15) is 5.78 Å². The highest BCUT2D eigenvalue weighted by Gasteiger charge is 2.43. The van der Waals surface area contributed by atoms with Gasteiger partial charge in [-0.15, -0.1) is 0 Å². The second kappa shape index (κ2) is 11.3. The van der Waals surface area contributed by atoms with Crippen molar-refractivity contribution < 1.29 is 26.4 Å². The molecule has 2 aromatic carbocycles. The minimum atomic E-state index is -3.96. The molecule has 0 aromatic heterocycles. The van der Waals surface area contributed by atoms with E-state index in [1.165, 1.54) is 12.1 Å². The van der Waals surface area contributed by atoms with Crippen LogP contribution in [0.1, 0.15) is 40.0 Å². The van der Waals surface area contributed by atoms with Gasteiger partial charge in [0, 0.05) is 29.3 Å². The summed E-state index contributed by atoms with van der Waals surface area (Å²) in [6.45, 7) is 5.62. The molecule has 11 heteroatoms. The predicted octanol–water partition coefficient (Wildman–Crippen LogP) is 3.54. The molecule has 4 unspecified atom stereocenters. The molecule has 0 bridgehead atoms. The van der Waals surface area contributed by atoms with Crippen molar-refractivity contribution in [1.29, 1.82) is 0 Å². The Bertz CT molecular complexity index is 1360. The molecule has 198 valence electrons. The maximum Gasteiger partial charge on any atom is 0.241 e. The Morgan fingerprint density at radius 2 is 1.67 bits per heavy atom. The van der Waals surface area contributed by atoms with Crippen LogP contribution in [0, 0.1) is 23.7 Å². The van der Waals surface area contributed by atoms with Gasteiger partial charge in [-0.3, -0.25) is 9.59 Å². The summed E-state index contributed by atoms with van der Waals surface area (Å²) in [6.07, 6.45) is 2.11. The standard InChI is InChI=1S/C25H33ClN2O6S2/c1-15(2)21(11-12-27-35(4,31)32)24(29)16(3)22-9-10-23(25(22)30)28-36(33,34)20-8-6-17-13-19(26)7-5-18(17)14-20/h5-8,13-16,21-23,27-28H,9-12H2,1-4H3. The summed E-state index contributed by atoms with van der Waals surface area (Å²) >= 11 is 6.00. The van der Waals surface area contributed by atoms with Crippen molar-refractivity contribution in [2.75, 3.05) is 12.8 Å². The van der Waals surface area contributed by atoms with Crippen molar-refractivity contribution in [2.45, 2.75) is 51.0 Å². The zero-order chi connectivity index (χ0) is 26.8. The largest absolute Gasteiger partial charge is 0.299 e. The number of rotatable bonds is 11. The van der Waals surface area contributed by atoms with E-state index in [-0.39, 0.29) is 28.9 Å². The first-order valence-corrected chi connectivity index (χ1v) is 15.7. The van der Waals surface area contributed by atoms with Gasteiger partial charge in [0.05, 0.1) is 17.2 Å². The van der Waals surface area contributed by atoms with Gasteiger partial charge in [-0.1, -0.05) is 44.5 Å². The average molecular weight is 557 g/mol. The Morgan fingerprint density at radius 3 is 2.31 bits per heavy atom. The fraction of sp³-hybridized carbons (Fsp3) is 0.520. The molecule has 0 aliphatic heterocycles. The van der Waals surface area contributed by atoms with Crippen LogP contribution in [0.25, 0.3) is 10.8 Å². The molecule has 1 fully saturated rings. The van der Waals surface area contributed by atoms with Gasteiger partial charge < -0.3 is 0 Å². The first-order chi connectivity index (χ1) is 16.7. The SMILES string of the molecule is CC(C)C(CCNS(C)(=O)=O)C(=O)C(C)C1CCC(NS(=O)(=O)c2ccc3cc(Cl)ccc3c2)C1=O. The van der Waals surface area contributed by atoms with Crippen LogP contribution in [0.3, 0.4) is 0 Å². The molecule has 4 atom stereocenters. The fourth-order valence-corrected chi connectivity index (χ4v) is 6.80. The summed E-state index contributed by atoms with van der Waals surface area (Å²) in [5.41, 5.74) is 0. The number of carbonyl (C=O) groups is 2. The number of benzene rings is 2. The molecule has 0 spiro atoms. The van der Waals surface area contributed by atoms with Crippen molar-refractivity contribution in [3.63, 3.8) is 0 Å². The molecule has 0 amide bonds. The van der Waals surface area contributed by atoms with Gasteiger partial charge >= 0.3 is 0 Å². The Labute approximate surface area is 218 Å². The molecule has 2 N–H and O–H groups in total. The van der Waals surface area contributed by atoms with Crippen LogP contribution in [-0.2, 0) is 29.6 Å². The monoisotopic (exact) mass is 556 g/mol. The highest BCUT2D eigenvalue weighted by Crippen LogP contribution is 2.33. The smallest absolute Gasteiger partial charge is 0.241 e. The van der Waals surface area contributed by atoms with E-state index in [0.717, 1.165) is 11.6 Å². The second-order valence-corrected chi connectivity index (χ2v) is 13.9. The molecular weight excluding hydrogens is 524 g/mol. The quantitative estimate of drug-likeness (QED) is 0.436. The third-order valence-electron chi connectivity index (χ3n) is 6.90. The second-order valence-electron chi connectivity index (χ2n) is 9.91. The van der Waals surface area contributed by atoms with Gasteiger partial charge in [-0.2, -0.15) is 0 Å². The first kappa shape index (κ1) is 28.7. The summed E-state index contributed by atoms with van der Waals surface area (Å²) in [5.74, 6) is -2.02. The molecule has 8 nitrogen and oxygen atoms in total. The van der Waals surface area contributed by atoms with E-state index in [1.54, 1.807) is 31.2 Å². The van der Waals surface area contributed by atoms with E-state index in [4.69, 9.17) is 11.6 Å². The summed E-state index contributed by atoms with van der Waals surface area (Å²) in [6, 6.07) is 8.93. The molecule has 0 radical (unpaired) electrons. The van der Waals surface area contributed by atoms with Crippen LogP contribution in [0.5, 0.6) is 0 Å². The van der Waals surface area contributed by atoms with Gasteiger partial charge in [0.15, 0.2) is 5.78 Å². The van der Waals surface area contributed by atoms with Crippen LogP contribution < -0.4 is 9.44 Å². The summed E-state index contributed by atoms with van der Waals surface area (Å²) < 4.78 is 53.8. The lowest BCUT2D eigenvalue weighted by Gasteiger charge is -2.26. The van der Waals surface area contributed by atoms with Crippen molar-refractivity contribution in [2.24, 2.45) is 23.7 Å². The molecular formula is C25H33ClN2O6S2. The van der Waals surface area contributed by atoms with Crippen molar-refractivity contribution in [1.82, 2.24) is 9.44 Å². The Kier molecular flexibility index (Phi) is 8.99. The summed E-state index contributed by atoms with van der Waals surface area (Å²) in [5, 5.41) is 2.06. The maximum atomic E-state index is 13.3. The zero-order valence-corrected chi connectivity index (χ0v) is 23.2. The highest BCUT2D eigenvalue weighted by molar-refractivity contribution is 7.89. The lowest BCUT2D eigenvalue weighted by atomic mass is 9.77. The number of nitrogens with one attached hydrogen (secondary N) is 2. The Balaban J connectivity index is 1.69. The summed E-state index contributed by atoms with van der Waals surface area (Å²) in [4.78, 5) is 26.5. The van der Waals surface area contributed by atoms with Crippen LogP contribution in [-0.4, -0.2) is 47.2 Å². The van der Waals surface area contributed by atoms with Gasteiger partial charge in [0.25, 0.3) is 0 Å². The number of fused-ring (bicyclic) bond motifs is 1. The molecule has 0 saturated heterocycles. The van der Waals surface area contributed by atoms with Crippen LogP contribution in [0.2, 0.25) is 5.02 Å². The number of ketones is 2. The third kappa shape index (κ3) is 6.92. The number of hydrogen-bond acceptors (Lipinski definition) is 6. The van der Waals surface area contributed by atoms with Gasteiger partial charge in [-0.05, 0) is 60.2 Å². The lowest BCUT2D eigenvalue weighted by molar-refractivity contribution is -0.134.